The molecule has 1 saturated carbocycles. The lowest BCUT2D eigenvalue weighted by atomic mass is 9.79. The van der Waals surface area contributed by atoms with E-state index in [4.69, 9.17) is 4.74 Å². The van der Waals surface area contributed by atoms with Crippen LogP contribution in [0.1, 0.15) is 80.4 Å². The van der Waals surface area contributed by atoms with Crippen molar-refractivity contribution in [3.8, 4) is 10.4 Å². The van der Waals surface area contributed by atoms with E-state index < -0.39 is 56.1 Å². The van der Waals surface area contributed by atoms with Crippen molar-refractivity contribution < 1.29 is 44.3 Å². The molecule has 2 aromatic rings. The molecule has 1 aliphatic heterocycles. The maximum absolute atomic E-state index is 14.2. The summed E-state index contributed by atoms with van der Waals surface area (Å²) in [5, 5.41) is 2.83. The minimum Gasteiger partial charge on any atom is -0.381 e. The van der Waals surface area contributed by atoms with Crippen LogP contribution >= 0.6 is 11.3 Å². The third-order valence-electron chi connectivity index (χ3n) is 7.45. The number of amides is 1. The number of hydrogen-bond acceptors (Lipinski definition) is 6. The first kappa shape index (κ1) is 33.7. The number of thiazole rings is 1. The number of aromatic nitrogens is 1. The van der Waals surface area contributed by atoms with Gasteiger partial charge in [0.2, 0.25) is 10.0 Å². The van der Waals surface area contributed by atoms with Gasteiger partial charge in [-0.1, -0.05) is 18.9 Å². The first-order valence-electron chi connectivity index (χ1n) is 14.0. The van der Waals surface area contributed by atoms with Gasteiger partial charge in [0.25, 0.3) is 5.91 Å². The van der Waals surface area contributed by atoms with Crippen LogP contribution in [-0.4, -0.2) is 50.3 Å². The van der Waals surface area contributed by atoms with E-state index >= 15 is 0 Å². The molecule has 1 aromatic carbocycles. The number of nitrogens with one attached hydrogen (secondary N) is 2. The van der Waals surface area contributed by atoms with Crippen LogP contribution < -0.4 is 10.0 Å². The fourth-order valence-electron chi connectivity index (χ4n) is 5.53. The highest BCUT2D eigenvalue weighted by molar-refractivity contribution is 7.89. The van der Waals surface area contributed by atoms with Crippen LogP contribution in [0.3, 0.4) is 0 Å². The van der Waals surface area contributed by atoms with Gasteiger partial charge in [0.05, 0.1) is 26.9 Å². The fraction of sp³-hybridized carbons (Fsp3) is 0.643. The SMILES string of the molecule is CC(C)(C)NS(=O)(=O)c1ccc(-c2sc(C(=O)NC3CCOCC3)nc2CC2CCCC(C(F)(F)F)C2)cc1C(F)(F)F. The van der Waals surface area contributed by atoms with Crippen molar-refractivity contribution in [1.82, 2.24) is 15.0 Å². The number of halogens is 6. The Kier molecular flexibility index (Phi) is 9.89. The molecule has 2 unspecified atom stereocenters. The molecule has 1 amide bonds. The van der Waals surface area contributed by atoms with Gasteiger partial charge in [0.1, 0.15) is 0 Å². The number of carbonyl (C=O) groups excluding carboxylic acids is 1. The summed E-state index contributed by atoms with van der Waals surface area (Å²) in [6.07, 6.45) is -7.53. The second-order valence-electron chi connectivity index (χ2n) is 12.2. The van der Waals surface area contributed by atoms with E-state index in [9.17, 15) is 39.6 Å². The molecule has 1 saturated heterocycles. The van der Waals surface area contributed by atoms with Crippen molar-refractivity contribution in [3.05, 3.63) is 34.5 Å². The predicted octanol–water partition coefficient (Wildman–Crippen LogP) is 6.73. The van der Waals surface area contributed by atoms with Gasteiger partial charge in [-0.25, -0.2) is 18.1 Å². The summed E-state index contributed by atoms with van der Waals surface area (Å²) >= 11 is 0.838. The van der Waals surface area contributed by atoms with E-state index in [2.05, 4.69) is 15.0 Å². The predicted molar refractivity (Wildman–Crippen MR) is 149 cm³/mol. The van der Waals surface area contributed by atoms with Crippen molar-refractivity contribution in [2.45, 2.75) is 94.5 Å². The summed E-state index contributed by atoms with van der Waals surface area (Å²) in [6.45, 7) is 5.41. The first-order chi connectivity index (χ1) is 19.8. The zero-order valence-corrected chi connectivity index (χ0v) is 25.6. The van der Waals surface area contributed by atoms with Crippen LogP contribution in [0.2, 0.25) is 0 Å². The van der Waals surface area contributed by atoms with Gasteiger partial charge < -0.3 is 10.1 Å². The quantitative estimate of drug-likeness (QED) is 0.323. The first-order valence-corrected chi connectivity index (χ1v) is 16.3. The molecule has 43 heavy (non-hydrogen) atoms. The van der Waals surface area contributed by atoms with E-state index in [0.717, 1.165) is 17.4 Å². The van der Waals surface area contributed by atoms with E-state index in [1.165, 1.54) is 26.8 Å². The van der Waals surface area contributed by atoms with Crippen molar-refractivity contribution in [2.24, 2.45) is 11.8 Å². The van der Waals surface area contributed by atoms with Gasteiger partial charge in [0.15, 0.2) is 5.01 Å². The van der Waals surface area contributed by atoms with Gasteiger partial charge in [-0.3, -0.25) is 4.79 Å². The normalized spacial score (nSPS) is 21.1. The van der Waals surface area contributed by atoms with E-state index in [-0.39, 0.29) is 46.4 Å². The highest BCUT2D eigenvalue weighted by Crippen LogP contribution is 2.43. The van der Waals surface area contributed by atoms with Crippen molar-refractivity contribution >= 4 is 27.3 Å². The summed E-state index contributed by atoms with van der Waals surface area (Å²) in [4.78, 5) is 16.8. The Labute approximate surface area is 250 Å². The van der Waals surface area contributed by atoms with Gasteiger partial charge in [-0.05, 0) is 76.5 Å². The zero-order valence-electron chi connectivity index (χ0n) is 24.0. The molecule has 2 heterocycles. The molecule has 2 fully saturated rings. The number of ether oxygens (including phenoxy) is 1. The molecule has 15 heteroatoms. The van der Waals surface area contributed by atoms with Gasteiger partial charge in [0, 0.05) is 24.8 Å². The standard InChI is InChI=1S/C28H35F6N3O4S2/c1-26(2,3)37-43(39,40)22-8-7-17(15-20(22)28(32,33)34)23-21(14-16-5-4-6-18(13-16)27(29,30)31)36-25(42-23)24(38)35-19-9-11-41-12-10-19/h7-8,15-16,18-19,37H,4-6,9-14H2,1-3H3,(H,35,38). The Balaban J connectivity index is 1.75. The third-order valence-corrected chi connectivity index (χ3v) is 10.4. The number of sulfonamides is 1. The Morgan fingerprint density at radius 2 is 1.72 bits per heavy atom. The second kappa shape index (κ2) is 12.6. The molecule has 2 aliphatic rings. The van der Waals surface area contributed by atoms with Crippen LogP contribution in [0.25, 0.3) is 10.4 Å². The van der Waals surface area contributed by atoms with E-state index in [1.54, 1.807) is 0 Å². The summed E-state index contributed by atoms with van der Waals surface area (Å²) in [5.41, 5.74) is -2.26. The molecule has 4 rings (SSSR count). The molecule has 2 atom stereocenters. The molecule has 2 N–H and O–H groups in total. The lowest BCUT2D eigenvalue weighted by molar-refractivity contribution is -0.185. The molecule has 7 nitrogen and oxygen atoms in total. The van der Waals surface area contributed by atoms with E-state index in [0.29, 0.717) is 45.0 Å². The van der Waals surface area contributed by atoms with Crippen molar-refractivity contribution in [3.63, 3.8) is 0 Å². The number of alkyl halides is 6. The summed E-state index contributed by atoms with van der Waals surface area (Å²) in [5.74, 6) is -2.46. The molecular weight excluding hydrogens is 620 g/mol. The Hall–Kier alpha value is -2.23. The number of hydrogen-bond donors (Lipinski definition) is 2. The highest BCUT2D eigenvalue weighted by atomic mass is 32.2. The monoisotopic (exact) mass is 655 g/mol. The van der Waals surface area contributed by atoms with Crippen LogP contribution in [0, 0.1) is 11.8 Å². The lowest BCUT2D eigenvalue weighted by Crippen LogP contribution is -2.41. The maximum atomic E-state index is 14.2. The molecule has 0 radical (unpaired) electrons. The van der Waals surface area contributed by atoms with Crippen LogP contribution in [0.15, 0.2) is 23.1 Å². The molecular formula is C28H35F6N3O4S2. The molecule has 0 bridgehead atoms. The second-order valence-corrected chi connectivity index (χ2v) is 14.8. The minimum absolute atomic E-state index is 0.0101. The zero-order chi connectivity index (χ0) is 31.8. The van der Waals surface area contributed by atoms with Gasteiger partial charge in [-0.2, -0.15) is 26.3 Å². The smallest absolute Gasteiger partial charge is 0.381 e. The Bertz CT molecular complexity index is 1410. The largest absolute Gasteiger partial charge is 0.417 e. The fourth-order valence-corrected chi connectivity index (χ4v) is 8.15. The molecule has 1 aromatic heterocycles. The number of rotatable bonds is 7. The topological polar surface area (TPSA) is 97.4 Å². The third kappa shape index (κ3) is 8.70. The Morgan fingerprint density at radius 1 is 1.05 bits per heavy atom. The molecule has 0 spiro atoms. The molecule has 1 aliphatic carbocycles. The number of nitrogens with zero attached hydrogens (tertiary/aromatic N) is 1. The van der Waals surface area contributed by atoms with Gasteiger partial charge in [-0.15, -0.1) is 11.3 Å². The van der Waals surface area contributed by atoms with E-state index in [1.807, 2.05) is 0 Å². The van der Waals surface area contributed by atoms with Crippen LogP contribution in [0.5, 0.6) is 0 Å². The average Bonchev–Trinajstić information content (AvgIpc) is 3.30. The minimum atomic E-state index is -5.05. The van der Waals surface area contributed by atoms with Crippen LogP contribution in [0.4, 0.5) is 26.3 Å². The Morgan fingerprint density at radius 3 is 2.33 bits per heavy atom. The van der Waals surface area contributed by atoms with Crippen LogP contribution in [-0.2, 0) is 27.4 Å². The highest BCUT2D eigenvalue weighted by Gasteiger charge is 2.43. The van der Waals surface area contributed by atoms with Gasteiger partial charge >= 0.3 is 12.4 Å². The lowest BCUT2D eigenvalue weighted by Gasteiger charge is -2.30. The van der Waals surface area contributed by atoms with Crippen molar-refractivity contribution in [1.29, 1.82) is 0 Å². The van der Waals surface area contributed by atoms with Crippen molar-refractivity contribution in [2.75, 3.05) is 13.2 Å². The summed E-state index contributed by atoms with van der Waals surface area (Å²) < 4.78 is 117. The molecule has 240 valence electrons. The average molecular weight is 656 g/mol. The number of benzene rings is 1. The summed E-state index contributed by atoms with van der Waals surface area (Å²) in [6, 6.07) is 2.59. The number of carbonyl (C=O) groups is 1. The maximum Gasteiger partial charge on any atom is 0.417 e. The summed E-state index contributed by atoms with van der Waals surface area (Å²) in [7, 11) is -4.57.